The van der Waals surface area contributed by atoms with Gasteiger partial charge in [0.2, 0.25) is 10.0 Å². The molecule has 19 heavy (non-hydrogen) atoms. The number of benzene rings is 1. The molecule has 0 fully saturated rings. The van der Waals surface area contributed by atoms with Gasteiger partial charge < -0.3 is 9.84 Å². The molecule has 0 aromatic heterocycles. The van der Waals surface area contributed by atoms with Crippen LogP contribution in [0.5, 0.6) is 5.75 Å². The monoisotopic (exact) mass is 291 g/mol. The number of methoxy groups -OCH3 is 1. The summed E-state index contributed by atoms with van der Waals surface area (Å²) in [6, 6.07) is 3.55. The molecule has 8 heteroatoms. The first-order chi connectivity index (χ1) is 8.84. The van der Waals surface area contributed by atoms with Crippen LogP contribution in [0.3, 0.4) is 0 Å². The van der Waals surface area contributed by atoms with E-state index in [2.05, 4.69) is 4.72 Å². The summed E-state index contributed by atoms with van der Waals surface area (Å²) in [5, 5.41) is 8.43. The van der Waals surface area contributed by atoms with E-state index < -0.39 is 21.8 Å². The number of halogens is 1. The molecule has 1 aromatic carbocycles. The Hall–Kier alpha value is -1.83. The van der Waals surface area contributed by atoms with Gasteiger partial charge in [0, 0.05) is 12.5 Å². The van der Waals surface area contributed by atoms with Gasteiger partial charge >= 0.3 is 5.97 Å². The Bertz CT molecular complexity index is 558. The van der Waals surface area contributed by atoms with E-state index in [0.717, 1.165) is 6.07 Å². The molecule has 0 unspecified atom stereocenters. The third kappa shape index (κ3) is 5.12. The number of sulfonamides is 1. The van der Waals surface area contributed by atoms with Crippen LogP contribution < -0.4 is 9.46 Å². The van der Waals surface area contributed by atoms with Crippen LogP contribution in [-0.2, 0) is 14.8 Å². The van der Waals surface area contributed by atoms with Crippen molar-refractivity contribution in [2.45, 2.75) is 12.8 Å². The van der Waals surface area contributed by atoms with Gasteiger partial charge in [-0.05, 0) is 18.6 Å². The van der Waals surface area contributed by atoms with E-state index in [9.17, 15) is 17.6 Å². The normalized spacial score (nSPS) is 11.1. The number of aliphatic carboxylic acids is 1. The summed E-state index contributed by atoms with van der Waals surface area (Å²) in [6.07, 6.45) is -0.226. The summed E-state index contributed by atoms with van der Waals surface area (Å²) in [6.45, 7) is 0. The van der Waals surface area contributed by atoms with Crippen LogP contribution >= 0.6 is 0 Å². The SMILES string of the molecule is COc1cc(NS(=O)(=O)CCCC(=O)O)ccc1F. The second-order valence-corrected chi connectivity index (χ2v) is 5.61. The van der Waals surface area contributed by atoms with E-state index >= 15 is 0 Å². The average molecular weight is 291 g/mol. The number of hydrogen-bond acceptors (Lipinski definition) is 4. The van der Waals surface area contributed by atoms with Gasteiger partial charge in [-0.1, -0.05) is 0 Å². The molecule has 0 saturated heterocycles. The maximum absolute atomic E-state index is 13.1. The Labute approximate surface area is 110 Å². The largest absolute Gasteiger partial charge is 0.494 e. The van der Waals surface area contributed by atoms with Gasteiger partial charge in [-0.15, -0.1) is 0 Å². The number of anilines is 1. The molecular weight excluding hydrogens is 277 g/mol. The zero-order valence-corrected chi connectivity index (χ0v) is 11.0. The lowest BCUT2D eigenvalue weighted by atomic mass is 10.3. The third-order valence-corrected chi connectivity index (χ3v) is 3.60. The first-order valence-electron chi connectivity index (χ1n) is 5.40. The summed E-state index contributed by atoms with van der Waals surface area (Å²) in [4.78, 5) is 10.3. The fourth-order valence-corrected chi connectivity index (χ4v) is 2.48. The van der Waals surface area contributed by atoms with Crippen molar-refractivity contribution in [3.8, 4) is 5.75 Å². The van der Waals surface area contributed by atoms with Crippen LogP contribution in [0.15, 0.2) is 18.2 Å². The third-order valence-electron chi connectivity index (χ3n) is 2.23. The van der Waals surface area contributed by atoms with Gasteiger partial charge in [-0.2, -0.15) is 0 Å². The highest BCUT2D eigenvalue weighted by Gasteiger charge is 2.13. The van der Waals surface area contributed by atoms with Crippen molar-refractivity contribution in [1.82, 2.24) is 0 Å². The molecule has 0 bridgehead atoms. The smallest absolute Gasteiger partial charge is 0.303 e. The Morgan fingerprint density at radius 2 is 2.16 bits per heavy atom. The number of carbonyl (C=O) groups is 1. The van der Waals surface area contributed by atoms with E-state index in [1.807, 2.05) is 0 Å². The highest BCUT2D eigenvalue weighted by molar-refractivity contribution is 7.92. The van der Waals surface area contributed by atoms with Crippen molar-refractivity contribution >= 4 is 21.7 Å². The molecule has 106 valence electrons. The summed E-state index contributed by atoms with van der Waals surface area (Å²) < 4.78 is 43.3. The number of hydrogen-bond donors (Lipinski definition) is 2. The maximum atomic E-state index is 13.1. The van der Waals surface area contributed by atoms with Crippen molar-refractivity contribution in [3.05, 3.63) is 24.0 Å². The van der Waals surface area contributed by atoms with Crippen molar-refractivity contribution in [2.75, 3.05) is 17.6 Å². The molecule has 1 aromatic rings. The first-order valence-corrected chi connectivity index (χ1v) is 7.05. The number of carboxylic acids is 1. The minimum Gasteiger partial charge on any atom is -0.494 e. The van der Waals surface area contributed by atoms with Gasteiger partial charge in [0.05, 0.1) is 18.6 Å². The fourth-order valence-electron chi connectivity index (χ4n) is 1.37. The number of carboxylic acid groups (broad SMARTS) is 1. The fraction of sp³-hybridized carbons (Fsp3) is 0.364. The molecule has 0 saturated carbocycles. The second-order valence-electron chi connectivity index (χ2n) is 3.77. The predicted molar refractivity (Wildman–Crippen MR) is 67.2 cm³/mol. The summed E-state index contributed by atoms with van der Waals surface area (Å²) in [5.41, 5.74) is 0.161. The van der Waals surface area contributed by atoms with Gasteiger partial charge in [0.15, 0.2) is 11.6 Å². The summed E-state index contributed by atoms with van der Waals surface area (Å²) in [7, 11) is -2.39. The Balaban J connectivity index is 2.70. The van der Waals surface area contributed by atoms with E-state index in [1.54, 1.807) is 0 Å². The lowest BCUT2D eigenvalue weighted by Gasteiger charge is -2.09. The molecule has 1 rings (SSSR count). The predicted octanol–water partition coefficient (Wildman–Crippen LogP) is 1.44. The van der Waals surface area contributed by atoms with Crippen LogP contribution in [0, 0.1) is 5.82 Å². The Kier molecular flexibility index (Phi) is 5.11. The van der Waals surface area contributed by atoms with Crippen LogP contribution in [0.4, 0.5) is 10.1 Å². The number of nitrogens with one attached hydrogen (secondary N) is 1. The average Bonchev–Trinajstić information content (AvgIpc) is 2.30. The van der Waals surface area contributed by atoms with Crippen LogP contribution in [0.25, 0.3) is 0 Å². The van der Waals surface area contributed by atoms with Gasteiger partial charge in [-0.25, -0.2) is 12.8 Å². The number of rotatable bonds is 7. The highest BCUT2D eigenvalue weighted by Crippen LogP contribution is 2.22. The molecule has 0 atom stereocenters. The van der Waals surface area contributed by atoms with Gasteiger partial charge in [0.25, 0.3) is 0 Å². The number of ether oxygens (including phenoxy) is 1. The topological polar surface area (TPSA) is 92.7 Å². The molecule has 0 heterocycles. The zero-order valence-electron chi connectivity index (χ0n) is 10.2. The van der Waals surface area contributed by atoms with E-state index in [-0.39, 0.29) is 30.0 Å². The Morgan fingerprint density at radius 3 is 2.74 bits per heavy atom. The molecule has 0 aliphatic carbocycles. The van der Waals surface area contributed by atoms with Gasteiger partial charge in [0.1, 0.15) is 0 Å². The van der Waals surface area contributed by atoms with E-state index in [0.29, 0.717) is 0 Å². The minimum atomic E-state index is -3.66. The highest BCUT2D eigenvalue weighted by atomic mass is 32.2. The first kappa shape index (κ1) is 15.2. The molecular formula is C11H14FNO5S. The molecule has 0 radical (unpaired) electrons. The zero-order chi connectivity index (χ0) is 14.5. The minimum absolute atomic E-state index is 0.00297. The van der Waals surface area contributed by atoms with E-state index in [1.165, 1.54) is 19.2 Å². The van der Waals surface area contributed by atoms with Crippen molar-refractivity contribution in [2.24, 2.45) is 0 Å². The molecule has 0 aliphatic rings. The quantitative estimate of drug-likeness (QED) is 0.793. The van der Waals surface area contributed by atoms with Gasteiger partial charge in [-0.3, -0.25) is 9.52 Å². The van der Waals surface area contributed by atoms with Crippen molar-refractivity contribution in [3.63, 3.8) is 0 Å². The standard InChI is InChI=1S/C11H14FNO5S/c1-18-10-7-8(4-5-9(10)12)13-19(16,17)6-2-3-11(14)15/h4-5,7,13H,2-3,6H2,1H3,(H,14,15). The van der Waals surface area contributed by atoms with Crippen LogP contribution in [0.1, 0.15) is 12.8 Å². The molecule has 0 aliphatic heterocycles. The molecule has 6 nitrogen and oxygen atoms in total. The Morgan fingerprint density at radius 1 is 1.47 bits per heavy atom. The van der Waals surface area contributed by atoms with E-state index in [4.69, 9.17) is 9.84 Å². The molecule has 0 amide bonds. The van der Waals surface area contributed by atoms with Crippen LogP contribution in [-0.4, -0.2) is 32.4 Å². The lowest BCUT2D eigenvalue weighted by molar-refractivity contribution is -0.137. The molecule has 2 N–H and O–H groups in total. The second kappa shape index (κ2) is 6.37. The maximum Gasteiger partial charge on any atom is 0.303 e. The van der Waals surface area contributed by atoms with Crippen LogP contribution in [0.2, 0.25) is 0 Å². The summed E-state index contributed by atoms with van der Waals surface area (Å²) >= 11 is 0. The molecule has 0 spiro atoms. The lowest BCUT2D eigenvalue weighted by Crippen LogP contribution is -2.17. The van der Waals surface area contributed by atoms with Crippen molar-refractivity contribution < 1.29 is 27.4 Å². The van der Waals surface area contributed by atoms with Crippen molar-refractivity contribution in [1.29, 1.82) is 0 Å². The summed E-state index contributed by atoms with van der Waals surface area (Å²) in [5.74, 6) is -2.06.